The molecule has 33 heavy (non-hydrogen) atoms. The summed E-state index contributed by atoms with van der Waals surface area (Å²) in [6, 6.07) is 15.9. The molecule has 6 heteroatoms. The molecule has 0 heterocycles. The van der Waals surface area contributed by atoms with Gasteiger partial charge >= 0.3 is 6.18 Å². The molecule has 1 N–H and O–H groups in total. The number of alkyl halides is 3. The third kappa shape index (κ3) is 13.0. The molecule has 0 aliphatic heterocycles. The lowest BCUT2D eigenvalue weighted by atomic mass is 10.0. The quantitative estimate of drug-likeness (QED) is 0.139. The minimum absolute atomic E-state index is 0.217. The number of methoxy groups -OCH3 is 1. The van der Waals surface area contributed by atoms with Crippen molar-refractivity contribution in [2.75, 3.05) is 7.11 Å². The molecule has 0 unspecified atom stereocenters. The van der Waals surface area contributed by atoms with Gasteiger partial charge in [0, 0.05) is 5.56 Å². The number of hydrogen-bond acceptors (Lipinski definition) is 3. The molecule has 0 fully saturated rings. The number of benzene rings is 2. The van der Waals surface area contributed by atoms with E-state index in [1.54, 1.807) is 0 Å². The molecule has 2 aromatic carbocycles. The van der Waals surface area contributed by atoms with Crippen LogP contribution in [0.1, 0.15) is 82.3 Å². The van der Waals surface area contributed by atoms with Gasteiger partial charge in [-0.25, -0.2) is 0 Å². The molecule has 184 valence electrons. The first-order chi connectivity index (χ1) is 15.9. The first-order valence-electron chi connectivity index (χ1n) is 11.9. The average molecular weight is 466 g/mol. The van der Waals surface area contributed by atoms with Crippen molar-refractivity contribution < 1.29 is 23.1 Å². The van der Waals surface area contributed by atoms with Crippen molar-refractivity contribution in [1.82, 2.24) is 0 Å². The highest BCUT2D eigenvalue weighted by Crippen LogP contribution is 2.23. The van der Waals surface area contributed by atoms with Crippen molar-refractivity contribution in [1.29, 1.82) is 0 Å². The summed E-state index contributed by atoms with van der Waals surface area (Å²) in [5, 5.41) is 10.5. The third-order valence-corrected chi connectivity index (χ3v) is 5.39. The molecule has 2 rings (SSSR count). The Hall–Kier alpha value is -2.50. The first kappa shape index (κ1) is 28.5. The zero-order valence-corrected chi connectivity index (χ0v) is 19.9. The van der Waals surface area contributed by atoms with E-state index < -0.39 is 11.9 Å². The Morgan fingerprint density at radius 3 is 1.76 bits per heavy atom. The summed E-state index contributed by atoms with van der Waals surface area (Å²) < 4.78 is 41.6. The van der Waals surface area contributed by atoms with Crippen molar-refractivity contribution in [2.45, 2.75) is 83.7 Å². The van der Waals surface area contributed by atoms with Crippen LogP contribution in [0.4, 0.5) is 13.2 Å². The van der Waals surface area contributed by atoms with Crippen LogP contribution in [-0.4, -0.2) is 24.2 Å². The fraction of sp³-hybridized carbons (Fsp3) is 0.519. The Morgan fingerprint density at radius 2 is 1.30 bits per heavy atom. The van der Waals surface area contributed by atoms with E-state index >= 15 is 0 Å². The van der Waals surface area contributed by atoms with Crippen molar-refractivity contribution in [2.24, 2.45) is 5.16 Å². The smallest absolute Gasteiger partial charge is 0.437 e. The van der Waals surface area contributed by atoms with E-state index in [1.807, 2.05) is 0 Å². The lowest BCUT2D eigenvalue weighted by molar-refractivity contribution is -0.0601. The number of nitrogens with zero attached hydrogens (tertiary/aromatic N) is 1. The maximum atomic E-state index is 12.3. The number of hydrogen-bond donors (Lipinski definition) is 1. The molecule has 0 atom stereocenters. The van der Waals surface area contributed by atoms with E-state index in [4.69, 9.17) is 9.94 Å². The van der Waals surface area contributed by atoms with E-state index in [9.17, 15) is 13.2 Å². The minimum atomic E-state index is -4.68. The van der Waals surface area contributed by atoms with Crippen molar-refractivity contribution >= 4 is 5.71 Å². The second-order valence-corrected chi connectivity index (χ2v) is 8.09. The molecule has 0 spiro atoms. The van der Waals surface area contributed by atoms with Crippen LogP contribution in [0.2, 0.25) is 0 Å². The summed E-state index contributed by atoms with van der Waals surface area (Å²) in [7, 11) is 1.40. The second kappa shape index (κ2) is 17.0. The fourth-order valence-electron chi connectivity index (χ4n) is 3.49. The molecule has 0 aromatic heterocycles. The Morgan fingerprint density at radius 1 is 0.788 bits per heavy atom. The highest BCUT2D eigenvalue weighted by atomic mass is 19.4. The van der Waals surface area contributed by atoms with Crippen LogP contribution in [-0.2, 0) is 6.42 Å². The Bertz CT molecular complexity index is 759. The van der Waals surface area contributed by atoms with E-state index in [-0.39, 0.29) is 5.56 Å². The van der Waals surface area contributed by atoms with Gasteiger partial charge in [0.1, 0.15) is 5.75 Å². The van der Waals surface area contributed by atoms with Gasteiger partial charge in [0.05, 0.1) is 7.11 Å². The number of unbranched alkanes of at least 4 members (excludes halogenated alkanes) is 9. The Balaban J connectivity index is 0.000000335. The summed E-state index contributed by atoms with van der Waals surface area (Å²) >= 11 is 0. The van der Waals surface area contributed by atoms with Gasteiger partial charge in [-0.15, -0.1) is 0 Å². The van der Waals surface area contributed by atoms with Gasteiger partial charge in [-0.05, 0) is 42.7 Å². The van der Waals surface area contributed by atoms with Crippen LogP contribution in [0.3, 0.4) is 0 Å². The van der Waals surface area contributed by atoms with E-state index in [0.29, 0.717) is 5.75 Å². The zero-order valence-electron chi connectivity index (χ0n) is 19.9. The van der Waals surface area contributed by atoms with Crippen LogP contribution >= 0.6 is 0 Å². The number of ether oxygens (including phenoxy) is 1. The average Bonchev–Trinajstić information content (AvgIpc) is 2.81. The van der Waals surface area contributed by atoms with Crippen molar-refractivity contribution in [3.05, 3.63) is 65.7 Å². The number of aryl methyl sites for hydroxylation is 1. The van der Waals surface area contributed by atoms with Crippen LogP contribution in [0.25, 0.3) is 0 Å². The third-order valence-electron chi connectivity index (χ3n) is 5.39. The molecule has 0 aliphatic rings. The summed E-state index contributed by atoms with van der Waals surface area (Å²) in [6.45, 7) is 2.28. The van der Waals surface area contributed by atoms with E-state index in [0.717, 1.165) is 0 Å². The Kier molecular flexibility index (Phi) is 14.7. The normalized spacial score (nSPS) is 11.6. The summed E-state index contributed by atoms with van der Waals surface area (Å²) in [5.74, 6) is 0.429. The molecule has 0 saturated carbocycles. The maximum Gasteiger partial charge on any atom is 0.437 e. The van der Waals surface area contributed by atoms with Gasteiger partial charge in [0.25, 0.3) is 0 Å². The number of oxime groups is 1. The van der Waals surface area contributed by atoms with Crippen LogP contribution in [0, 0.1) is 0 Å². The van der Waals surface area contributed by atoms with E-state index in [1.165, 1.54) is 108 Å². The fourth-order valence-corrected chi connectivity index (χ4v) is 3.49. The predicted molar refractivity (Wildman–Crippen MR) is 129 cm³/mol. The maximum absolute atomic E-state index is 12.3. The summed E-state index contributed by atoms with van der Waals surface area (Å²) in [4.78, 5) is 0. The lowest BCUT2D eigenvalue weighted by Gasteiger charge is -2.08. The second-order valence-electron chi connectivity index (χ2n) is 8.09. The van der Waals surface area contributed by atoms with Gasteiger partial charge in [0.15, 0.2) is 5.71 Å². The first-order valence-corrected chi connectivity index (χ1v) is 11.9. The van der Waals surface area contributed by atoms with Gasteiger partial charge in [-0.1, -0.05) is 100 Å². The molecule has 3 nitrogen and oxygen atoms in total. The molecular formula is C27H38F3NO2. The molecule has 0 saturated heterocycles. The molecule has 0 aliphatic carbocycles. The lowest BCUT2D eigenvalue weighted by Crippen LogP contribution is -2.23. The summed E-state index contributed by atoms with van der Waals surface area (Å²) in [6.07, 6.45) is 10.8. The van der Waals surface area contributed by atoms with E-state index in [2.05, 4.69) is 42.4 Å². The predicted octanol–water partition coefficient (Wildman–Crippen LogP) is 8.59. The standard InChI is InChI=1S/C18H30.C9H8F3NO2/c1-2-3-4-5-6-7-8-9-10-12-15-18-16-13-11-14-17-18;1-15-7-4-2-6(3-5-7)8(13-14)9(10,11)12/h11,13-14,16-17H,2-10,12,15H2,1H3;2-5,14H,1H3. The van der Waals surface area contributed by atoms with Crippen LogP contribution in [0.15, 0.2) is 59.8 Å². The summed E-state index contributed by atoms with van der Waals surface area (Å²) in [5.41, 5.74) is -0.0481. The highest BCUT2D eigenvalue weighted by Gasteiger charge is 2.37. The minimum Gasteiger partial charge on any atom is -0.497 e. The molecule has 0 amide bonds. The Labute approximate surface area is 196 Å². The van der Waals surface area contributed by atoms with Crippen molar-refractivity contribution in [3.8, 4) is 5.75 Å². The molecule has 0 bridgehead atoms. The van der Waals surface area contributed by atoms with Crippen LogP contribution in [0.5, 0.6) is 5.75 Å². The monoisotopic (exact) mass is 465 g/mol. The van der Waals surface area contributed by atoms with Crippen molar-refractivity contribution in [3.63, 3.8) is 0 Å². The SMILES string of the molecule is CCCCCCCCCCCCc1ccccc1.COc1ccc(C(=NO)C(F)(F)F)cc1. The topological polar surface area (TPSA) is 41.8 Å². The highest BCUT2D eigenvalue weighted by molar-refractivity contribution is 6.04. The number of halogens is 3. The van der Waals surface area contributed by atoms with Gasteiger partial charge in [-0.2, -0.15) is 13.2 Å². The zero-order chi connectivity index (χ0) is 24.4. The van der Waals surface area contributed by atoms with Gasteiger partial charge < -0.3 is 9.94 Å². The molecular weight excluding hydrogens is 427 g/mol. The molecule has 2 aromatic rings. The van der Waals surface area contributed by atoms with Gasteiger partial charge in [-0.3, -0.25) is 0 Å². The molecule has 0 radical (unpaired) electrons. The largest absolute Gasteiger partial charge is 0.497 e. The van der Waals surface area contributed by atoms with Gasteiger partial charge in [0.2, 0.25) is 0 Å². The van der Waals surface area contributed by atoms with Crippen LogP contribution < -0.4 is 4.74 Å². The number of rotatable bonds is 13.